The number of anilines is 2. The highest BCUT2D eigenvalue weighted by atomic mass is 79.9. The van der Waals surface area contributed by atoms with Crippen LogP contribution in [0.15, 0.2) is 48.5 Å². The fraction of sp³-hybridized carbons (Fsp3) is 0.333. The predicted octanol–water partition coefficient (Wildman–Crippen LogP) is 5.17. The van der Waals surface area contributed by atoms with Gasteiger partial charge < -0.3 is 29.7 Å². The number of aromatic amines is 1. The van der Waals surface area contributed by atoms with Crippen LogP contribution in [0, 0.1) is 0 Å². The third kappa shape index (κ3) is 4.06. The van der Waals surface area contributed by atoms with Crippen LogP contribution in [0.2, 0.25) is 0 Å². The molecule has 2 N–H and O–H groups in total. The van der Waals surface area contributed by atoms with Gasteiger partial charge in [-0.2, -0.15) is 0 Å². The molecule has 4 heterocycles. The van der Waals surface area contributed by atoms with E-state index in [0.29, 0.717) is 31.1 Å². The molecule has 1 atom stereocenters. The molecular weight excluding hydrogens is 558 g/mol. The largest absolute Gasteiger partial charge is 0.415 e. The summed E-state index contributed by atoms with van der Waals surface area (Å²) in [6.07, 6.45) is 0.601. The highest BCUT2D eigenvalue weighted by Gasteiger charge is 2.36. The van der Waals surface area contributed by atoms with E-state index in [4.69, 9.17) is 4.74 Å². The quantitative estimate of drug-likeness (QED) is 0.323. The number of piperazine rings is 1. The summed E-state index contributed by atoms with van der Waals surface area (Å²) in [5.41, 5.74) is 5.84. The molecule has 3 aromatic carbocycles. The zero-order valence-corrected chi connectivity index (χ0v) is 23.4. The van der Waals surface area contributed by atoms with Crippen molar-refractivity contribution in [2.24, 2.45) is 0 Å². The van der Waals surface area contributed by atoms with Gasteiger partial charge in [0.2, 0.25) is 0 Å². The molecule has 3 aliphatic heterocycles. The van der Waals surface area contributed by atoms with Gasteiger partial charge in [-0.1, -0.05) is 40.2 Å². The predicted molar refractivity (Wildman–Crippen MR) is 158 cm³/mol. The number of fused-ring (bicyclic) bond motifs is 6. The molecule has 39 heavy (non-hydrogen) atoms. The van der Waals surface area contributed by atoms with E-state index in [1.54, 1.807) is 4.90 Å². The molecule has 1 fully saturated rings. The molecule has 0 saturated carbocycles. The van der Waals surface area contributed by atoms with Crippen LogP contribution in [0.4, 0.5) is 16.2 Å². The van der Waals surface area contributed by atoms with E-state index >= 15 is 0 Å². The van der Waals surface area contributed by atoms with Crippen molar-refractivity contribution in [1.82, 2.24) is 14.8 Å². The average Bonchev–Trinajstić information content (AvgIpc) is 3.69. The monoisotopic (exact) mass is 587 g/mol. The SMILES string of the molecule is CN1CCN(C(=O)Oc2cc3c(c4ccccc24)[C@H](CBr)CN3C(=O)c2cc3c4c(ccc3[nH]2)NCC4)CC1. The Morgan fingerprint density at radius 3 is 2.62 bits per heavy atom. The molecule has 1 aromatic heterocycles. The number of halogens is 1. The number of carbonyl (C=O) groups excluding carboxylic acids is 2. The van der Waals surface area contributed by atoms with Crippen molar-refractivity contribution in [3.05, 3.63) is 65.4 Å². The minimum Gasteiger partial charge on any atom is -0.409 e. The molecule has 200 valence electrons. The topological polar surface area (TPSA) is 80.9 Å². The summed E-state index contributed by atoms with van der Waals surface area (Å²) in [7, 11) is 2.06. The van der Waals surface area contributed by atoms with Crippen molar-refractivity contribution in [1.29, 1.82) is 0 Å². The van der Waals surface area contributed by atoms with Crippen molar-refractivity contribution in [3.63, 3.8) is 0 Å². The number of hydrogen-bond acceptors (Lipinski definition) is 5. The van der Waals surface area contributed by atoms with Gasteiger partial charge in [0, 0.05) is 78.6 Å². The van der Waals surface area contributed by atoms with Crippen LogP contribution in [0.25, 0.3) is 21.7 Å². The Morgan fingerprint density at radius 1 is 1.03 bits per heavy atom. The van der Waals surface area contributed by atoms with Gasteiger partial charge in [-0.15, -0.1) is 0 Å². The number of aromatic nitrogens is 1. The first-order valence-corrected chi connectivity index (χ1v) is 14.6. The third-order valence-corrected chi connectivity index (χ3v) is 9.14. The zero-order chi connectivity index (χ0) is 26.7. The molecule has 0 spiro atoms. The van der Waals surface area contributed by atoms with Crippen LogP contribution in [-0.2, 0) is 6.42 Å². The number of ether oxygens (including phenoxy) is 1. The summed E-state index contributed by atoms with van der Waals surface area (Å²) in [5.74, 6) is 0.526. The maximum atomic E-state index is 14.0. The van der Waals surface area contributed by atoms with Crippen molar-refractivity contribution < 1.29 is 14.3 Å². The van der Waals surface area contributed by atoms with Gasteiger partial charge in [0.05, 0.1) is 5.69 Å². The van der Waals surface area contributed by atoms with Gasteiger partial charge in [-0.3, -0.25) is 4.79 Å². The second-order valence-electron chi connectivity index (χ2n) is 10.7. The van der Waals surface area contributed by atoms with E-state index in [1.165, 1.54) is 5.56 Å². The third-order valence-electron chi connectivity index (χ3n) is 8.35. The van der Waals surface area contributed by atoms with Crippen LogP contribution in [0.1, 0.15) is 27.5 Å². The lowest BCUT2D eigenvalue weighted by atomic mass is 9.95. The Kier molecular flexibility index (Phi) is 6.01. The lowest BCUT2D eigenvalue weighted by molar-refractivity contribution is 0.0984. The van der Waals surface area contributed by atoms with Gasteiger partial charge in [-0.05, 0) is 48.2 Å². The Morgan fingerprint density at radius 2 is 1.82 bits per heavy atom. The van der Waals surface area contributed by atoms with Crippen LogP contribution < -0.4 is 15.0 Å². The van der Waals surface area contributed by atoms with Crippen LogP contribution in [-0.4, -0.2) is 78.4 Å². The van der Waals surface area contributed by atoms with E-state index < -0.39 is 0 Å². The summed E-state index contributed by atoms with van der Waals surface area (Å²) in [6.45, 7) is 4.37. The summed E-state index contributed by atoms with van der Waals surface area (Å²) in [4.78, 5) is 36.3. The Labute approximate surface area is 235 Å². The minimum atomic E-state index is -0.348. The van der Waals surface area contributed by atoms with Gasteiger partial charge in [0.25, 0.3) is 5.91 Å². The second kappa shape index (κ2) is 9.57. The molecule has 0 bridgehead atoms. The van der Waals surface area contributed by atoms with Gasteiger partial charge in [-0.25, -0.2) is 4.79 Å². The Balaban J connectivity index is 1.28. The Hall–Kier alpha value is -3.56. The lowest BCUT2D eigenvalue weighted by Crippen LogP contribution is -2.48. The fourth-order valence-corrected chi connectivity index (χ4v) is 6.77. The molecule has 4 aromatic rings. The second-order valence-corrected chi connectivity index (χ2v) is 11.3. The summed E-state index contributed by atoms with van der Waals surface area (Å²) >= 11 is 3.69. The molecule has 3 aliphatic rings. The smallest absolute Gasteiger partial charge is 0.409 e. The molecule has 7 rings (SSSR count). The number of nitrogens with zero attached hydrogens (tertiary/aromatic N) is 3. The Bertz CT molecular complexity index is 1620. The molecule has 2 amide bonds. The number of likely N-dealkylation sites (N-methyl/N-ethyl adjacent to an activating group) is 1. The number of H-pyrrole nitrogens is 1. The van der Waals surface area contributed by atoms with Gasteiger partial charge in [0.1, 0.15) is 11.4 Å². The highest BCUT2D eigenvalue weighted by molar-refractivity contribution is 9.09. The van der Waals surface area contributed by atoms with Crippen LogP contribution in [0.3, 0.4) is 0 Å². The van der Waals surface area contributed by atoms with Crippen molar-refractivity contribution in [3.8, 4) is 5.75 Å². The summed E-state index contributed by atoms with van der Waals surface area (Å²) in [6, 6.07) is 16.0. The number of hydrogen-bond donors (Lipinski definition) is 2. The van der Waals surface area contributed by atoms with E-state index in [9.17, 15) is 9.59 Å². The van der Waals surface area contributed by atoms with E-state index in [-0.39, 0.29) is 17.9 Å². The first-order chi connectivity index (χ1) is 19.0. The average molecular weight is 589 g/mol. The van der Waals surface area contributed by atoms with Crippen molar-refractivity contribution in [2.45, 2.75) is 12.3 Å². The molecule has 0 aliphatic carbocycles. The molecule has 0 unspecified atom stereocenters. The summed E-state index contributed by atoms with van der Waals surface area (Å²) in [5, 5.41) is 7.13. The molecule has 9 heteroatoms. The lowest BCUT2D eigenvalue weighted by Gasteiger charge is -2.31. The number of alkyl halides is 1. The first-order valence-electron chi connectivity index (χ1n) is 13.5. The number of amides is 2. The van der Waals surface area contributed by atoms with Crippen LogP contribution in [0.5, 0.6) is 5.75 Å². The zero-order valence-electron chi connectivity index (χ0n) is 21.8. The van der Waals surface area contributed by atoms with Crippen LogP contribution >= 0.6 is 15.9 Å². The normalized spacial score (nSPS) is 18.9. The number of rotatable bonds is 3. The number of benzene rings is 3. The van der Waals surface area contributed by atoms with E-state index in [2.05, 4.69) is 50.3 Å². The maximum Gasteiger partial charge on any atom is 0.415 e. The molecule has 0 radical (unpaired) electrons. The highest BCUT2D eigenvalue weighted by Crippen LogP contribution is 2.46. The summed E-state index contributed by atoms with van der Waals surface area (Å²) < 4.78 is 6.03. The molecular formula is C30H30BrN5O3. The van der Waals surface area contributed by atoms with Crippen molar-refractivity contribution >= 4 is 61.0 Å². The first kappa shape index (κ1) is 24.5. The van der Waals surface area contributed by atoms with E-state index in [0.717, 1.165) is 70.0 Å². The molecule has 1 saturated heterocycles. The van der Waals surface area contributed by atoms with Gasteiger partial charge >= 0.3 is 6.09 Å². The maximum absolute atomic E-state index is 14.0. The minimum absolute atomic E-state index is 0.0813. The van der Waals surface area contributed by atoms with E-state index in [1.807, 2.05) is 41.3 Å². The standard InChI is InChI=1S/C30H30BrN5O3/c1-34-10-12-35(13-11-34)30(38)39-27-15-26-28(21-5-3-2-4-20(21)27)18(16-31)17-36(26)29(37)25-14-22-19-8-9-32-23(19)6-7-24(22)33-25/h2-7,14-15,18,32-33H,8-13,16-17H2,1H3/t18-/m1/s1. The van der Waals surface area contributed by atoms with Gasteiger partial charge in [0.15, 0.2) is 0 Å². The number of nitrogens with one attached hydrogen (secondary N) is 2. The number of carbonyl (C=O) groups is 2. The fourth-order valence-electron chi connectivity index (χ4n) is 6.25. The van der Waals surface area contributed by atoms with Crippen molar-refractivity contribution in [2.75, 3.05) is 61.9 Å². The molecule has 8 nitrogen and oxygen atoms in total.